The highest BCUT2D eigenvalue weighted by atomic mass is 16.5. The molecular formula is C41H28N4O3. The van der Waals surface area contributed by atoms with Crippen molar-refractivity contribution in [2.24, 2.45) is 0 Å². The third-order valence-electron chi connectivity index (χ3n) is 9.68. The van der Waals surface area contributed by atoms with E-state index in [9.17, 15) is 0 Å². The molecule has 1 aliphatic carbocycles. The van der Waals surface area contributed by atoms with E-state index in [0.717, 1.165) is 44.9 Å². The number of hydrogen-bond donors (Lipinski definition) is 2. The molecule has 3 unspecified atom stereocenters. The summed E-state index contributed by atoms with van der Waals surface area (Å²) in [6.45, 7) is 0. The van der Waals surface area contributed by atoms with Crippen LogP contribution >= 0.6 is 0 Å². The highest BCUT2D eigenvalue weighted by Gasteiger charge is 2.51. The molecule has 7 heteroatoms. The normalized spacial score (nSPS) is 20.1. The SMILES string of the molecule is c1ccc(-c2nnc(-c3ccc4c(c3)C3(c5ccccc5O4)c4ccccc4-c4ccc(C5NNC(c6ccccc6)O5)cc43)o2)cc1. The second-order valence-electron chi connectivity index (χ2n) is 12.3. The first-order chi connectivity index (χ1) is 23.8. The fraction of sp³-hybridized carbons (Fsp3) is 0.0732. The second kappa shape index (κ2) is 10.6. The molecule has 230 valence electrons. The van der Waals surface area contributed by atoms with E-state index in [1.54, 1.807) is 0 Å². The summed E-state index contributed by atoms with van der Waals surface area (Å²) in [7, 11) is 0. The minimum Gasteiger partial charge on any atom is -0.457 e. The van der Waals surface area contributed by atoms with Gasteiger partial charge in [-0.15, -0.1) is 10.2 Å². The van der Waals surface area contributed by atoms with Gasteiger partial charge in [-0.3, -0.25) is 0 Å². The first-order valence-corrected chi connectivity index (χ1v) is 16.0. The number of para-hydroxylation sites is 1. The molecule has 0 radical (unpaired) electrons. The zero-order valence-electron chi connectivity index (χ0n) is 25.6. The van der Waals surface area contributed by atoms with Crippen LogP contribution in [0.4, 0.5) is 0 Å². The Bertz CT molecular complexity index is 2340. The molecule has 3 atom stereocenters. The molecule has 1 fully saturated rings. The van der Waals surface area contributed by atoms with Crippen LogP contribution < -0.4 is 15.6 Å². The predicted octanol–water partition coefficient (Wildman–Crippen LogP) is 8.69. The summed E-state index contributed by atoms with van der Waals surface area (Å²) in [6.07, 6.45) is -0.616. The molecule has 3 aliphatic rings. The van der Waals surface area contributed by atoms with E-state index in [-0.39, 0.29) is 12.5 Å². The van der Waals surface area contributed by atoms with Gasteiger partial charge in [-0.1, -0.05) is 103 Å². The Morgan fingerprint density at radius 2 is 1.12 bits per heavy atom. The van der Waals surface area contributed by atoms with Crippen LogP contribution in [0.25, 0.3) is 34.0 Å². The molecule has 7 aromatic rings. The first kappa shape index (κ1) is 27.3. The molecule has 0 saturated carbocycles. The van der Waals surface area contributed by atoms with Gasteiger partial charge < -0.3 is 13.9 Å². The summed E-state index contributed by atoms with van der Waals surface area (Å²) in [4.78, 5) is 0. The number of hydrogen-bond acceptors (Lipinski definition) is 7. The van der Waals surface area contributed by atoms with Crippen molar-refractivity contribution < 1.29 is 13.9 Å². The number of ether oxygens (including phenoxy) is 2. The van der Waals surface area contributed by atoms with Crippen molar-refractivity contribution in [2.75, 3.05) is 0 Å². The molecule has 1 spiro atoms. The molecular weight excluding hydrogens is 596 g/mol. The number of hydrazine groups is 1. The first-order valence-electron chi connectivity index (χ1n) is 16.0. The van der Waals surface area contributed by atoms with Gasteiger partial charge in [-0.2, -0.15) is 0 Å². The number of nitrogens with one attached hydrogen (secondary N) is 2. The highest BCUT2D eigenvalue weighted by Crippen LogP contribution is 2.62. The highest BCUT2D eigenvalue weighted by molar-refractivity contribution is 5.89. The summed E-state index contributed by atoms with van der Waals surface area (Å²) in [6, 6.07) is 49.9. The van der Waals surface area contributed by atoms with Crippen LogP contribution in [0.2, 0.25) is 0 Å². The Labute approximate surface area is 276 Å². The van der Waals surface area contributed by atoms with Crippen LogP contribution in [0.3, 0.4) is 0 Å². The Morgan fingerprint density at radius 3 is 1.96 bits per heavy atom. The van der Waals surface area contributed by atoms with Gasteiger partial charge in [0.15, 0.2) is 0 Å². The van der Waals surface area contributed by atoms with Crippen LogP contribution in [0, 0.1) is 0 Å². The fourth-order valence-corrected chi connectivity index (χ4v) is 7.56. The van der Waals surface area contributed by atoms with Gasteiger partial charge in [-0.05, 0) is 75.8 Å². The van der Waals surface area contributed by atoms with Crippen molar-refractivity contribution in [3.05, 3.63) is 179 Å². The van der Waals surface area contributed by atoms with E-state index in [2.05, 4.69) is 99.9 Å². The van der Waals surface area contributed by atoms with Crippen LogP contribution in [0.1, 0.15) is 45.8 Å². The molecule has 3 heterocycles. The summed E-state index contributed by atoms with van der Waals surface area (Å²) < 4.78 is 19.4. The van der Waals surface area contributed by atoms with Gasteiger partial charge in [-0.25, -0.2) is 10.9 Å². The lowest BCUT2D eigenvalue weighted by Gasteiger charge is -2.39. The molecule has 48 heavy (non-hydrogen) atoms. The number of rotatable bonds is 4. The van der Waals surface area contributed by atoms with Crippen LogP contribution in [-0.4, -0.2) is 10.2 Å². The number of aromatic nitrogens is 2. The molecule has 2 N–H and O–H groups in total. The number of nitrogens with zero attached hydrogens (tertiary/aromatic N) is 2. The van der Waals surface area contributed by atoms with E-state index >= 15 is 0 Å². The zero-order chi connectivity index (χ0) is 31.7. The van der Waals surface area contributed by atoms with Gasteiger partial charge in [0, 0.05) is 22.3 Å². The van der Waals surface area contributed by atoms with Gasteiger partial charge in [0.2, 0.25) is 11.8 Å². The van der Waals surface area contributed by atoms with Crippen LogP contribution in [-0.2, 0) is 10.2 Å². The van der Waals surface area contributed by atoms with Crippen molar-refractivity contribution in [3.63, 3.8) is 0 Å². The van der Waals surface area contributed by atoms with Crippen molar-refractivity contribution in [1.82, 2.24) is 21.0 Å². The fourth-order valence-electron chi connectivity index (χ4n) is 7.56. The monoisotopic (exact) mass is 624 g/mol. The minimum atomic E-state index is -0.671. The number of fused-ring (bicyclic) bond motifs is 9. The molecule has 7 nitrogen and oxygen atoms in total. The lowest BCUT2D eigenvalue weighted by Crippen LogP contribution is -2.32. The maximum atomic E-state index is 6.64. The van der Waals surface area contributed by atoms with Gasteiger partial charge >= 0.3 is 0 Å². The zero-order valence-corrected chi connectivity index (χ0v) is 25.6. The molecule has 10 rings (SSSR count). The Kier molecular flexibility index (Phi) is 6.01. The van der Waals surface area contributed by atoms with E-state index in [0.29, 0.717) is 11.8 Å². The Balaban J connectivity index is 1.16. The average Bonchev–Trinajstić information content (AvgIpc) is 3.91. The van der Waals surface area contributed by atoms with E-state index < -0.39 is 5.41 Å². The van der Waals surface area contributed by atoms with Crippen molar-refractivity contribution in [1.29, 1.82) is 0 Å². The molecule has 1 aromatic heterocycles. The molecule has 2 aliphatic heterocycles. The van der Waals surface area contributed by atoms with Crippen LogP contribution in [0.15, 0.2) is 150 Å². The van der Waals surface area contributed by atoms with Gasteiger partial charge in [0.1, 0.15) is 24.0 Å². The van der Waals surface area contributed by atoms with Crippen LogP contribution in [0.5, 0.6) is 11.5 Å². The lowest BCUT2D eigenvalue weighted by atomic mass is 9.65. The molecule has 6 aromatic carbocycles. The predicted molar refractivity (Wildman–Crippen MR) is 182 cm³/mol. The van der Waals surface area contributed by atoms with E-state index in [1.165, 1.54) is 22.3 Å². The maximum absolute atomic E-state index is 6.64. The van der Waals surface area contributed by atoms with Crippen molar-refractivity contribution in [3.8, 4) is 45.5 Å². The van der Waals surface area contributed by atoms with Crippen molar-refractivity contribution >= 4 is 0 Å². The largest absolute Gasteiger partial charge is 0.457 e. The van der Waals surface area contributed by atoms with Crippen molar-refractivity contribution in [2.45, 2.75) is 17.9 Å². The molecule has 0 amide bonds. The summed E-state index contributed by atoms with van der Waals surface area (Å²) in [5, 5.41) is 8.85. The Morgan fingerprint density at radius 1 is 0.479 bits per heavy atom. The third kappa shape index (κ3) is 3.99. The number of benzene rings is 6. The smallest absolute Gasteiger partial charge is 0.248 e. The van der Waals surface area contributed by atoms with E-state index in [4.69, 9.17) is 13.9 Å². The van der Waals surface area contributed by atoms with Gasteiger partial charge in [0.05, 0.1) is 5.41 Å². The summed E-state index contributed by atoms with van der Waals surface area (Å²) in [5.41, 5.74) is 16.7. The topological polar surface area (TPSA) is 81.4 Å². The lowest BCUT2D eigenvalue weighted by molar-refractivity contribution is 0.0341. The average molecular weight is 625 g/mol. The molecule has 1 saturated heterocycles. The van der Waals surface area contributed by atoms with Gasteiger partial charge in [0.25, 0.3) is 0 Å². The maximum Gasteiger partial charge on any atom is 0.248 e. The standard InChI is InChI=1S/C41H28N4O3/c1-3-11-25(12-4-1)37-42-44-39(47-37)27-19-21-30-29-15-7-8-16-31(29)41(33(30)23-27)32-17-9-10-18-35(32)46-36-22-20-28(24-34(36)41)40-45-43-38(48-40)26-13-5-2-6-14-26/h1-24,37,39,42,44H. The second-order valence-corrected chi connectivity index (χ2v) is 12.3. The quantitative estimate of drug-likeness (QED) is 0.203. The Hall–Kier alpha value is -5.86. The third-order valence-corrected chi connectivity index (χ3v) is 9.68. The summed E-state index contributed by atoms with van der Waals surface area (Å²) in [5.74, 6) is 2.55. The minimum absolute atomic E-state index is 0.266. The van der Waals surface area contributed by atoms with E-state index in [1.807, 2.05) is 66.7 Å². The summed E-state index contributed by atoms with van der Waals surface area (Å²) >= 11 is 0. The molecule has 0 bridgehead atoms.